The van der Waals surface area contributed by atoms with Gasteiger partial charge in [-0.1, -0.05) is 12.1 Å². The van der Waals surface area contributed by atoms with Crippen molar-refractivity contribution in [3.05, 3.63) is 54.1 Å². The number of ketones is 1. The first-order valence-corrected chi connectivity index (χ1v) is 8.59. The van der Waals surface area contributed by atoms with Gasteiger partial charge in [0, 0.05) is 18.7 Å². The molecule has 5 N–H and O–H groups in total. The quantitative estimate of drug-likeness (QED) is 0.315. The maximum Gasteiger partial charge on any atom is 0.195 e. The number of aromatic hydroxyl groups is 1. The lowest BCUT2D eigenvalue weighted by Crippen LogP contribution is -2.33. The van der Waals surface area contributed by atoms with E-state index in [0.717, 1.165) is 0 Å². The summed E-state index contributed by atoms with van der Waals surface area (Å²) in [7, 11) is 0. The van der Waals surface area contributed by atoms with E-state index in [0.29, 0.717) is 36.7 Å². The number of carbonyl (C=O) groups is 1. The molecular weight excluding hydrogens is 348 g/mol. The number of nitrogens with two attached hydrogens (primary N) is 2. The van der Waals surface area contributed by atoms with Crippen LogP contribution < -0.4 is 11.5 Å². The number of azo groups is 1. The molecule has 2 aromatic rings. The highest BCUT2D eigenvalue weighted by atomic mass is 16.5. The van der Waals surface area contributed by atoms with E-state index in [2.05, 4.69) is 10.2 Å². The second kappa shape index (κ2) is 11.1. The van der Waals surface area contributed by atoms with Gasteiger partial charge in [0.2, 0.25) is 0 Å². The molecule has 1 atom stereocenters. The zero-order valence-electron chi connectivity index (χ0n) is 15.0. The summed E-state index contributed by atoms with van der Waals surface area (Å²) in [6.07, 6.45) is -0.795. The number of phenols is 1. The van der Waals surface area contributed by atoms with Gasteiger partial charge < -0.3 is 26.0 Å². The molecule has 0 fully saturated rings. The lowest BCUT2D eigenvalue weighted by atomic mass is 10.0. The van der Waals surface area contributed by atoms with Gasteiger partial charge in [-0.3, -0.25) is 4.79 Å². The van der Waals surface area contributed by atoms with Crippen molar-refractivity contribution in [1.82, 2.24) is 0 Å². The molecule has 0 amide bonds. The summed E-state index contributed by atoms with van der Waals surface area (Å²) in [6, 6.07) is 13.1. The smallest absolute Gasteiger partial charge is 0.195 e. The number of hydrogen-bond donors (Lipinski definition) is 3. The third kappa shape index (κ3) is 6.54. The van der Waals surface area contributed by atoms with Crippen LogP contribution in [0.3, 0.4) is 0 Å². The van der Waals surface area contributed by atoms with Gasteiger partial charge in [0.1, 0.15) is 11.9 Å². The van der Waals surface area contributed by atoms with E-state index in [4.69, 9.17) is 20.9 Å². The predicted molar refractivity (Wildman–Crippen MR) is 102 cm³/mol. The van der Waals surface area contributed by atoms with E-state index >= 15 is 0 Å². The van der Waals surface area contributed by atoms with E-state index < -0.39 is 6.10 Å². The van der Waals surface area contributed by atoms with Gasteiger partial charge in [-0.25, -0.2) is 0 Å². The van der Waals surface area contributed by atoms with Crippen LogP contribution >= 0.6 is 0 Å². The Morgan fingerprint density at radius 2 is 1.74 bits per heavy atom. The normalized spacial score (nSPS) is 12.4. The topological polar surface area (TPSA) is 133 Å². The van der Waals surface area contributed by atoms with Crippen molar-refractivity contribution in [2.24, 2.45) is 21.7 Å². The molecule has 0 aliphatic rings. The molecule has 2 rings (SSSR count). The summed E-state index contributed by atoms with van der Waals surface area (Å²) >= 11 is 0. The summed E-state index contributed by atoms with van der Waals surface area (Å²) in [5.74, 6) is -0.125. The SMILES string of the molecule is NCCOCCOC(CN)C(=O)c1ccccc1/N=N/c1ccc(O)cc1. The number of hydrogen-bond acceptors (Lipinski definition) is 8. The van der Waals surface area contributed by atoms with E-state index in [9.17, 15) is 9.90 Å². The average Bonchev–Trinajstić information content (AvgIpc) is 2.70. The van der Waals surface area contributed by atoms with Crippen LogP contribution in [0, 0.1) is 0 Å². The molecule has 144 valence electrons. The zero-order chi connectivity index (χ0) is 19.5. The number of phenolic OH excluding ortho intramolecular Hbond substituents is 1. The molecule has 8 heteroatoms. The Hall–Kier alpha value is -2.65. The average molecular weight is 372 g/mol. The Bertz CT molecular complexity index is 750. The molecule has 27 heavy (non-hydrogen) atoms. The summed E-state index contributed by atoms with van der Waals surface area (Å²) in [5.41, 5.74) is 12.4. The van der Waals surface area contributed by atoms with Crippen molar-refractivity contribution in [3.63, 3.8) is 0 Å². The molecule has 0 aromatic heterocycles. The minimum atomic E-state index is -0.795. The largest absolute Gasteiger partial charge is 0.508 e. The molecule has 0 bridgehead atoms. The predicted octanol–water partition coefficient (Wildman–Crippen LogP) is 2.31. The van der Waals surface area contributed by atoms with Gasteiger partial charge >= 0.3 is 0 Å². The molecule has 0 spiro atoms. The first-order chi connectivity index (χ1) is 13.2. The van der Waals surface area contributed by atoms with Gasteiger partial charge in [0.15, 0.2) is 5.78 Å². The van der Waals surface area contributed by atoms with Crippen LogP contribution in [0.1, 0.15) is 10.4 Å². The number of rotatable bonds is 11. The zero-order valence-corrected chi connectivity index (χ0v) is 15.0. The molecule has 2 aromatic carbocycles. The van der Waals surface area contributed by atoms with Crippen molar-refractivity contribution >= 4 is 17.2 Å². The van der Waals surface area contributed by atoms with Crippen LogP contribution in [0.25, 0.3) is 0 Å². The van der Waals surface area contributed by atoms with Crippen LogP contribution in [-0.2, 0) is 9.47 Å². The van der Waals surface area contributed by atoms with E-state index in [1.54, 1.807) is 36.4 Å². The standard InChI is InChI=1S/C19H24N4O4/c20-9-10-26-11-12-27-18(13-21)19(25)16-3-1-2-4-17(16)23-22-14-5-7-15(24)8-6-14/h1-8,18,24H,9-13,20-21H2/b23-22+. The molecule has 0 radical (unpaired) electrons. The summed E-state index contributed by atoms with van der Waals surface area (Å²) in [4.78, 5) is 12.8. The third-order valence-electron chi connectivity index (χ3n) is 3.61. The molecule has 8 nitrogen and oxygen atoms in total. The molecule has 0 aliphatic heterocycles. The molecular formula is C19H24N4O4. The van der Waals surface area contributed by atoms with Crippen LogP contribution in [0.15, 0.2) is 58.8 Å². The van der Waals surface area contributed by atoms with E-state index in [1.807, 2.05) is 0 Å². The highest BCUT2D eigenvalue weighted by molar-refractivity contribution is 6.03. The minimum Gasteiger partial charge on any atom is -0.508 e. The van der Waals surface area contributed by atoms with E-state index in [1.165, 1.54) is 12.1 Å². The van der Waals surface area contributed by atoms with Crippen LogP contribution in [-0.4, -0.2) is 49.9 Å². The Kier molecular flexibility index (Phi) is 8.53. The Morgan fingerprint density at radius 1 is 1.00 bits per heavy atom. The number of ether oxygens (including phenoxy) is 2. The Labute approximate surface area is 157 Å². The van der Waals surface area contributed by atoms with Crippen LogP contribution in [0.4, 0.5) is 11.4 Å². The van der Waals surface area contributed by atoms with Crippen molar-refractivity contribution in [3.8, 4) is 5.75 Å². The molecule has 0 heterocycles. The molecule has 0 saturated carbocycles. The number of nitrogens with zero attached hydrogens (tertiary/aromatic N) is 2. The van der Waals surface area contributed by atoms with Crippen molar-refractivity contribution < 1.29 is 19.4 Å². The lowest BCUT2D eigenvalue weighted by Gasteiger charge is -2.15. The minimum absolute atomic E-state index is 0.0408. The van der Waals surface area contributed by atoms with E-state index in [-0.39, 0.29) is 24.7 Å². The van der Waals surface area contributed by atoms with Gasteiger partial charge in [0.25, 0.3) is 0 Å². The van der Waals surface area contributed by atoms with Gasteiger partial charge in [-0.05, 0) is 36.4 Å². The molecule has 1 unspecified atom stereocenters. The molecule has 0 aliphatic carbocycles. The van der Waals surface area contributed by atoms with Crippen LogP contribution in [0.2, 0.25) is 0 Å². The van der Waals surface area contributed by atoms with Gasteiger partial charge in [0.05, 0.1) is 31.2 Å². The Balaban J connectivity index is 2.07. The maximum absolute atomic E-state index is 12.8. The fourth-order valence-corrected chi connectivity index (χ4v) is 2.26. The third-order valence-corrected chi connectivity index (χ3v) is 3.61. The van der Waals surface area contributed by atoms with Crippen molar-refractivity contribution in [2.75, 3.05) is 32.9 Å². The summed E-state index contributed by atoms with van der Waals surface area (Å²) < 4.78 is 10.8. The maximum atomic E-state index is 12.8. The van der Waals surface area contributed by atoms with Crippen molar-refractivity contribution in [1.29, 1.82) is 0 Å². The first kappa shape index (κ1) is 20.7. The lowest BCUT2D eigenvalue weighted by molar-refractivity contribution is 0.0134. The number of Topliss-reactive ketones (excluding diaryl/α,β-unsaturated/α-hetero) is 1. The van der Waals surface area contributed by atoms with Gasteiger partial charge in [-0.2, -0.15) is 5.11 Å². The monoisotopic (exact) mass is 372 g/mol. The molecule has 0 saturated heterocycles. The highest BCUT2D eigenvalue weighted by Gasteiger charge is 2.21. The van der Waals surface area contributed by atoms with Crippen LogP contribution in [0.5, 0.6) is 5.75 Å². The fraction of sp³-hybridized carbons (Fsp3) is 0.316. The number of benzene rings is 2. The Morgan fingerprint density at radius 3 is 2.44 bits per heavy atom. The highest BCUT2D eigenvalue weighted by Crippen LogP contribution is 2.24. The number of carbonyl (C=O) groups excluding carboxylic acids is 1. The van der Waals surface area contributed by atoms with Gasteiger partial charge in [-0.15, -0.1) is 5.11 Å². The summed E-state index contributed by atoms with van der Waals surface area (Å²) in [5, 5.41) is 17.6. The first-order valence-electron chi connectivity index (χ1n) is 8.59. The second-order valence-corrected chi connectivity index (χ2v) is 5.59. The summed E-state index contributed by atoms with van der Waals surface area (Å²) in [6.45, 7) is 1.48. The van der Waals surface area contributed by atoms with Crippen molar-refractivity contribution in [2.45, 2.75) is 6.10 Å². The second-order valence-electron chi connectivity index (χ2n) is 5.59. The fourth-order valence-electron chi connectivity index (χ4n) is 2.26.